The van der Waals surface area contributed by atoms with E-state index in [2.05, 4.69) is 10.6 Å². The minimum absolute atomic E-state index is 0.347. The van der Waals surface area contributed by atoms with Crippen LogP contribution in [0.5, 0.6) is 0 Å². The Labute approximate surface area is 172 Å². The third kappa shape index (κ3) is 5.56. The number of esters is 1. The molecule has 2 N–H and O–H groups in total. The van der Waals surface area contributed by atoms with Gasteiger partial charge in [0.05, 0.1) is 0 Å². The molecule has 3 rings (SSSR count). The third-order valence-electron chi connectivity index (χ3n) is 4.17. The van der Waals surface area contributed by atoms with Crippen LogP contribution in [0.2, 0.25) is 5.02 Å². The first kappa shape index (κ1) is 20.4. The smallest absolute Gasteiger partial charge is 0.326 e. The van der Waals surface area contributed by atoms with Crippen LogP contribution in [0.3, 0.4) is 0 Å². The molecule has 0 aliphatic heterocycles. The van der Waals surface area contributed by atoms with Crippen molar-refractivity contribution in [1.82, 2.24) is 5.32 Å². The fourth-order valence-corrected chi connectivity index (χ4v) is 2.88. The summed E-state index contributed by atoms with van der Waals surface area (Å²) in [6.07, 6.45) is -1.03. The molecular weight excluding hydrogens is 392 g/mol. The fraction of sp³-hybridized carbons (Fsp3) is 0.136. The van der Waals surface area contributed by atoms with Crippen molar-refractivity contribution in [2.75, 3.05) is 11.9 Å². The zero-order valence-corrected chi connectivity index (χ0v) is 16.4. The van der Waals surface area contributed by atoms with Gasteiger partial charge in [-0.05, 0) is 48.0 Å². The number of hydrogen-bond donors (Lipinski definition) is 2. The summed E-state index contributed by atoms with van der Waals surface area (Å²) in [6.45, 7) is 1.10. The van der Waals surface area contributed by atoms with Crippen molar-refractivity contribution >= 4 is 45.8 Å². The summed E-state index contributed by atoms with van der Waals surface area (Å²) in [5.41, 5.74) is 0.929. The number of halogens is 1. The molecule has 0 aromatic heterocycles. The summed E-state index contributed by atoms with van der Waals surface area (Å²) in [5.74, 6) is -1.61. The summed E-state index contributed by atoms with van der Waals surface area (Å²) in [7, 11) is 0. The van der Waals surface area contributed by atoms with Crippen LogP contribution in [0.4, 0.5) is 5.69 Å². The van der Waals surface area contributed by atoms with Gasteiger partial charge in [-0.2, -0.15) is 0 Å². The zero-order valence-electron chi connectivity index (χ0n) is 15.6. The maximum atomic E-state index is 12.3. The highest BCUT2D eigenvalue weighted by atomic mass is 35.5. The van der Waals surface area contributed by atoms with Gasteiger partial charge in [0.15, 0.2) is 6.10 Å². The van der Waals surface area contributed by atoms with E-state index in [1.54, 1.807) is 36.4 Å². The minimum atomic E-state index is -1.03. The molecule has 0 fully saturated rings. The highest BCUT2D eigenvalue weighted by Crippen LogP contribution is 2.16. The van der Waals surface area contributed by atoms with E-state index in [1.807, 2.05) is 30.3 Å². The van der Waals surface area contributed by atoms with Crippen molar-refractivity contribution in [2.45, 2.75) is 13.0 Å². The summed E-state index contributed by atoms with van der Waals surface area (Å²) in [5, 5.41) is 7.53. The van der Waals surface area contributed by atoms with E-state index in [9.17, 15) is 14.4 Å². The number of carbonyl (C=O) groups excluding carboxylic acids is 3. The normalized spacial score (nSPS) is 11.5. The molecule has 6 nitrogen and oxygen atoms in total. The van der Waals surface area contributed by atoms with Gasteiger partial charge in [-0.25, -0.2) is 0 Å². The summed E-state index contributed by atoms with van der Waals surface area (Å²) < 4.78 is 5.07. The number of amides is 2. The minimum Gasteiger partial charge on any atom is -0.451 e. The van der Waals surface area contributed by atoms with Gasteiger partial charge in [-0.1, -0.05) is 48.0 Å². The lowest BCUT2D eigenvalue weighted by Gasteiger charge is -2.14. The largest absolute Gasteiger partial charge is 0.451 e. The molecule has 29 heavy (non-hydrogen) atoms. The van der Waals surface area contributed by atoms with E-state index in [-0.39, 0.29) is 6.54 Å². The second-order valence-corrected chi connectivity index (χ2v) is 6.81. The SMILES string of the molecule is C[C@@H](OC(=O)CNC(=O)c1ccc2ccccc2c1)C(=O)Nc1cccc(Cl)c1. The first-order chi connectivity index (χ1) is 13.9. The van der Waals surface area contributed by atoms with Crippen LogP contribution < -0.4 is 10.6 Å². The number of fused-ring (bicyclic) bond motifs is 1. The Morgan fingerprint density at radius 3 is 2.48 bits per heavy atom. The maximum Gasteiger partial charge on any atom is 0.326 e. The molecule has 0 radical (unpaired) electrons. The summed E-state index contributed by atoms with van der Waals surface area (Å²) in [4.78, 5) is 36.4. The monoisotopic (exact) mass is 410 g/mol. The van der Waals surface area contributed by atoms with Crippen LogP contribution in [0.25, 0.3) is 10.8 Å². The van der Waals surface area contributed by atoms with Crippen molar-refractivity contribution in [3.05, 3.63) is 77.3 Å². The molecule has 3 aromatic rings. The van der Waals surface area contributed by atoms with E-state index in [1.165, 1.54) is 6.92 Å². The molecular formula is C22H19ClN2O4. The van der Waals surface area contributed by atoms with Crippen LogP contribution in [-0.2, 0) is 14.3 Å². The van der Waals surface area contributed by atoms with Crippen molar-refractivity contribution in [3.63, 3.8) is 0 Å². The van der Waals surface area contributed by atoms with Gasteiger partial charge in [-0.3, -0.25) is 14.4 Å². The highest BCUT2D eigenvalue weighted by molar-refractivity contribution is 6.30. The van der Waals surface area contributed by atoms with Gasteiger partial charge in [0, 0.05) is 16.3 Å². The van der Waals surface area contributed by atoms with Crippen LogP contribution in [-0.4, -0.2) is 30.4 Å². The van der Waals surface area contributed by atoms with Gasteiger partial charge < -0.3 is 15.4 Å². The molecule has 0 aliphatic carbocycles. The van der Waals surface area contributed by atoms with Gasteiger partial charge >= 0.3 is 5.97 Å². The molecule has 0 aliphatic rings. The van der Waals surface area contributed by atoms with Crippen LogP contribution >= 0.6 is 11.6 Å². The molecule has 1 atom stereocenters. The van der Waals surface area contributed by atoms with E-state index >= 15 is 0 Å². The predicted molar refractivity (Wildman–Crippen MR) is 112 cm³/mol. The molecule has 148 valence electrons. The van der Waals surface area contributed by atoms with E-state index in [0.29, 0.717) is 16.3 Å². The van der Waals surface area contributed by atoms with Crippen LogP contribution in [0.1, 0.15) is 17.3 Å². The molecule has 2 amide bonds. The Morgan fingerprint density at radius 2 is 1.72 bits per heavy atom. The number of anilines is 1. The number of ether oxygens (including phenoxy) is 1. The summed E-state index contributed by atoms with van der Waals surface area (Å²) in [6, 6.07) is 19.5. The Hall–Kier alpha value is -3.38. The first-order valence-corrected chi connectivity index (χ1v) is 9.33. The van der Waals surface area contributed by atoms with E-state index in [0.717, 1.165) is 10.8 Å². The van der Waals surface area contributed by atoms with Crippen LogP contribution in [0.15, 0.2) is 66.7 Å². The van der Waals surface area contributed by atoms with E-state index < -0.39 is 23.9 Å². The number of hydrogen-bond acceptors (Lipinski definition) is 4. The number of nitrogens with one attached hydrogen (secondary N) is 2. The molecule has 0 heterocycles. The second-order valence-electron chi connectivity index (χ2n) is 6.38. The first-order valence-electron chi connectivity index (χ1n) is 8.95. The van der Waals surface area contributed by atoms with Crippen LogP contribution in [0, 0.1) is 0 Å². The van der Waals surface area contributed by atoms with Gasteiger partial charge in [0.2, 0.25) is 0 Å². The highest BCUT2D eigenvalue weighted by Gasteiger charge is 2.18. The Morgan fingerprint density at radius 1 is 0.966 bits per heavy atom. The van der Waals surface area contributed by atoms with Crippen molar-refractivity contribution in [1.29, 1.82) is 0 Å². The Kier molecular flexibility index (Phi) is 6.46. The van der Waals surface area contributed by atoms with E-state index in [4.69, 9.17) is 16.3 Å². The van der Waals surface area contributed by atoms with Crippen molar-refractivity contribution < 1.29 is 19.1 Å². The Balaban J connectivity index is 1.50. The number of carbonyl (C=O) groups is 3. The molecule has 3 aromatic carbocycles. The molecule has 0 saturated heterocycles. The predicted octanol–water partition coefficient (Wildman–Crippen LogP) is 3.79. The lowest BCUT2D eigenvalue weighted by Crippen LogP contribution is -2.35. The lowest BCUT2D eigenvalue weighted by molar-refractivity contribution is -0.152. The van der Waals surface area contributed by atoms with Gasteiger partial charge in [0.25, 0.3) is 11.8 Å². The maximum absolute atomic E-state index is 12.3. The standard InChI is InChI=1S/C22H19ClN2O4/c1-14(21(27)25-19-8-4-7-18(23)12-19)29-20(26)13-24-22(28)17-10-9-15-5-2-3-6-16(15)11-17/h2-12,14H,13H2,1H3,(H,24,28)(H,25,27)/t14-/m1/s1. The molecule has 0 spiro atoms. The number of benzene rings is 3. The van der Waals surface area contributed by atoms with Gasteiger partial charge in [0.1, 0.15) is 6.54 Å². The fourth-order valence-electron chi connectivity index (χ4n) is 2.69. The molecule has 0 saturated carbocycles. The average molecular weight is 411 g/mol. The molecule has 7 heteroatoms. The lowest BCUT2D eigenvalue weighted by atomic mass is 10.1. The van der Waals surface area contributed by atoms with Gasteiger partial charge in [-0.15, -0.1) is 0 Å². The summed E-state index contributed by atoms with van der Waals surface area (Å²) >= 11 is 5.87. The number of rotatable bonds is 6. The molecule has 0 unspecified atom stereocenters. The zero-order chi connectivity index (χ0) is 20.8. The van der Waals surface area contributed by atoms with Crippen molar-refractivity contribution in [2.24, 2.45) is 0 Å². The second kappa shape index (κ2) is 9.21. The molecule has 0 bridgehead atoms. The quantitative estimate of drug-likeness (QED) is 0.605. The third-order valence-corrected chi connectivity index (χ3v) is 4.41. The average Bonchev–Trinajstić information content (AvgIpc) is 2.71. The topological polar surface area (TPSA) is 84.5 Å². The van der Waals surface area contributed by atoms with Crippen molar-refractivity contribution in [3.8, 4) is 0 Å². The Bertz CT molecular complexity index is 1070.